The number of hydrazone groups is 1. The minimum atomic E-state index is -0.493. The van der Waals surface area contributed by atoms with Crippen LogP contribution in [-0.2, 0) is 4.79 Å². The maximum absolute atomic E-state index is 12.0. The molecule has 0 saturated carbocycles. The predicted molar refractivity (Wildman–Crippen MR) is 121 cm³/mol. The third kappa shape index (κ3) is 6.83. The van der Waals surface area contributed by atoms with Crippen molar-refractivity contribution in [1.29, 1.82) is 0 Å². The lowest BCUT2D eigenvalue weighted by atomic mass is 10.2. The summed E-state index contributed by atoms with van der Waals surface area (Å²) in [5, 5.41) is 4.47. The zero-order chi connectivity index (χ0) is 22.1. The van der Waals surface area contributed by atoms with Gasteiger partial charge in [-0.25, -0.2) is 10.2 Å². The Labute approximate surface area is 184 Å². The molecule has 0 radical (unpaired) electrons. The van der Waals surface area contributed by atoms with Gasteiger partial charge in [0, 0.05) is 16.7 Å². The lowest BCUT2D eigenvalue weighted by molar-refractivity contribution is -0.128. The molecule has 7 heteroatoms. The zero-order valence-electron chi connectivity index (χ0n) is 16.6. The number of ether oxygens (including phenoxy) is 2. The summed E-state index contributed by atoms with van der Waals surface area (Å²) in [6.45, 7) is 0. The van der Waals surface area contributed by atoms with E-state index in [1.54, 1.807) is 61.7 Å². The Bertz CT molecular complexity index is 1090. The lowest BCUT2D eigenvalue weighted by Gasteiger charge is -2.02. The van der Waals surface area contributed by atoms with Crippen LogP contribution in [0.2, 0.25) is 5.02 Å². The van der Waals surface area contributed by atoms with Crippen molar-refractivity contribution < 1.29 is 19.1 Å². The molecule has 156 valence electrons. The van der Waals surface area contributed by atoms with Crippen molar-refractivity contribution in [1.82, 2.24) is 5.43 Å². The molecule has 6 nitrogen and oxygen atoms in total. The Morgan fingerprint density at radius 3 is 2.13 bits per heavy atom. The van der Waals surface area contributed by atoms with Crippen molar-refractivity contribution in [2.45, 2.75) is 0 Å². The summed E-state index contributed by atoms with van der Waals surface area (Å²) in [5.41, 5.74) is 4.47. The smallest absolute Gasteiger partial charge is 0.336 e. The van der Waals surface area contributed by atoms with E-state index in [0.29, 0.717) is 16.3 Å². The standard InChI is InChI=1S/C24H19ClN2O4/c1-30-21-11-2-17(3-12-21)6-15-23(28)31-22-13-4-18(5-14-22)16-26-27-24(29)19-7-9-20(25)10-8-19/h2-16H,1H3,(H,27,29)/b15-6+,26-16-. The molecule has 0 spiro atoms. The van der Waals surface area contributed by atoms with Gasteiger partial charge in [-0.3, -0.25) is 4.79 Å². The number of esters is 1. The molecule has 0 fully saturated rings. The summed E-state index contributed by atoms with van der Waals surface area (Å²) in [7, 11) is 1.59. The fourth-order valence-electron chi connectivity index (χ4n) is 2.48. The Hall–Kier alpha value is -3.90. The van der Waals surface area contributed by atoms with Crippen LogP contribution in [0.5, 0.6) is 11.5 Å². The van der Waals surface area contributed by atoms with Crippen molar-refractivity contribution in [3.05, 3.63) is 101 Å². The van der Waals surface area contributed by atoms with Crippen LogP contribution < -0.4 is 14.9 Å². The number of carbonyl (C=O) groups excluding carboxylic acids is 2. The first-order valence-electron chi connectivity index (χ1n) is 9.26. The number of benzene rings is 3. The third-order valence-corrected chi connectivity index (χ3v) is 4.36. The largest absolute Gasteiger partial charge is 0.497 e. The average molecular weight is 435 g/mol. The summed E-state index contributed by atoms with van der Waals surface area (Å²) in [4.78, 5) is 24.0. The van der Waals surface area contributed by atoms with Gasteiger partial charge in [-0.1, -0.05) is 23.7 Å². The Kier molecular flexibility index (Phi) is 7.56. The van der Waals surface area contributed by atoms with Gasteiger partial charge in [0.15, 0.2) is 0 Å². The monoisotopic (exact) mass is 434 g/mol. The van der Waals surface area contributed by atoms with E-state index in [9.17, 15) is 9.59 Å². The van der Waals surface area contributed by atoms with Gasteiger partial charge in [-0.15, -0.1) is 0 Å². The number of nitrogens with one attached hydrogen (secondary N) is 1. The Balaban J connectivity index is 1.50. The van der Waals surface area contributed by atoms with Crippen molar-refractivity contribution in [2.75, 3.05) is 7.11 Å². The molecule has 0 aliphatic heterocycles. The Morgan fingerprint density at radius 2 is 1.48 bits per heavy atom. The van der Waals surface area contributed by atoms with Crippen molar-refractivity contribution >= 4 is 35.8 Å². The van der Waals surface area contributed by atoms with E-state index in [-0.39, 0.29) is 5.91 Å². The number of amides is 1. The second-order valence-electron chi connectivity index (χ2n) is 6.30. The normalized spacial score (nSPS) is 10.9. The summed E-state index contributed by atoms with van der Waals surface area (Å²) in [5.74, 6) is 0.300. The van der Waals surface area contributed by atoms with Crippen LogP contribution in [0, 0.1) is 0 Å². The van der Waals surface area contributed by atoms with Gasteiger partial charge in [0.25, 0.3) is 5.91 Å². The van der Waals surface area contributed by atoms with Crippen molar-refractivity contribution in [3.63, 3.8) is 0 Å². The van der Waals surface area contributed by atoms with Gasteiger partial charge in [0.1, 0.15) is 11.5 Å². The molecule has 3 rings (SSSR count). The second kappa shape index (κ2) is 10.8. The van der Waals surface area contributed by atoms with Gasteiger partial charge in [-0.2, -0.15) is 5.10 Å². The number of halogens is 1. The predicted octanol–water partition coefficient (Wildman–Crippen LogP) is 4.73. The topological polar surface area (TPSA) is 77.0 Å². The number of rotatable bonds is 7. The number of nitrogens with zero attached hydrogens (tertiary/aromatic N) is 1. The van der Waals surface area contributed by atoms with Crippen LogP contribution >= 0.6 is 11.6 Å². The molecular formula is C24H19ClN2O4. The average Bonchev–Trinajstić information content (AvgIpc) is 2.79. The highest BCUT2D eigenvalue weighted by molar-refractivity contribution is 6.30. The quantitative estimate of drug-likeness (QED) is 0.192. The van der Waals surface area contributed by atoms with E-state index in [4.69, 9.17) is 21.1 Å². The van der Waals surface area contributed by atoms with Crippen LogP contribution in [-0.4, -0.2) is 25.2 Å². The fourth-order valence-corrected chi connectivity index (χ4v) is 2.61. The molecule has 0 saturated heterocycles. The van der Waals surface area contributed by atoms with E-state index >= 15 is 0 Å². The van der Waals surface area contributed by atoms with E-state index in [0.717, 1.165) is 16.9 Å². The van der Waals surface area contributed by atoms with Gasteiger partial charge in [0.2, 0.25) is 0 Å². The Morgan fingerprint density at radius 1 is 0.871 bits per heavy atom. The van der Waals surface area contributed by atoms with Crippen LogP contribution in [0.4, 0.5) is 0 Å². The molecule has 0 aromatic heterocycles. The van der Waals surface area contributed by atoms with E-state index in [2.05, 4.69) is 10.5 Å². The minimum Gasteiger partial charge on any atom is -0.497 e. The molecule has 31 heavy (non-hydrogen) atoms. The lowest BCUT2D eigenvalue weighted by Crippen LogP contribution is -2.17. The molecule has 1 N–H and O–H groups in total. The fraction of sp³-hybridized carbons (Fsp3) is 0.0417. The molecule has 3 aromatic rings. The molecule has 0 aliphatic rings. The summed E-state index contributed by atoms with van der Waals surface area (Å²) in [6.07, 6.45) is 4.50. The number of carbonyl (C=O) groups is 2. The van der Waals surface area contributed by atoms with Gasteiger partial charge in [0.05, 0.1) is 13.3 Å². The van der Waals surface area contributed by atoms with E-state index < -0.39 is 5.97 Å². The molecule has 0 heterocycles. The molecule has 0 atom stereocenters. The van der Waals surface area contributed by atoms with Crippen molar-refractivity contribution in [2.24, 2.45) is 5.10 Å². The van der Waals surface area contributed by atoms with E-state index in [1.165, 1.54) is 12.3 Å². The SMILES string of the molecule is COc1ccc(/C=C/C(=O)Oc2ccc(/C=N\NC(=O)c3ccc(Cl)cc3)cc2)cc1. The highest BCUT2D eigenvalue weighted by Gasteiger charge is 2.04. The number of hydrogen-bond acceptors (Lipinski definition) is 5. The van der Waals surface area contributed by atoms with Gasteiger partial charge in [-0.05, 0) is 77.9 Å². The summed E-state index contributed by atoms with van der Waals surface area (Å²) in [6, 6.07) is 20.5. The summed E-state index contributed by atoms with van der Waals surface area (Å²) >= 11 is 5.80. The van der Waals surface area contributed by atoms with Gasteiger partial charge < -0.3 is 9.47 Å². The van der Waals surface area contributed by atoms with Crippen LogP contribution in [0.15, 0.2) is 84.0 Å². The number of methoxy groups -OCH3 is 1. The first-order valence-corrected chi connectivity index (χ1v) is 9.64. The molecule has 0 aliphatic carbocycles. The highest BCUT2D eigenvalue weighted by Crippen LogP contribution is 2.14. The minimum absolute atomic E-state index is 0.345. The van der Waals surface area contributed by atoms with Crippen LogP contribution in [0.3, 0.4) is 0 Å². The highest BCUT2D eigenvalue weighted by atomic mass is 35.5. The van der Waals surface area contributed by atoms with Crippen LogP contribution in [0.25, 0.3) is 6.08 Å². The second-order valence-corrected chi connectivity index (χ2v) is 6.74. The van der Waals surface area contributed by atoms with Crippen LogP contribution in [0.1, 0.15) is 21.5 Å². The molecular weight excluding hydrogens is 416 g/mol. The maximum atomic E-state index is 12.0. The first-order chi connectivity index (χ1) is 15.0. The molecule has 1 amide bonds. The number of hydrogen-bond donors (Lipinski definition) is 1. The van der Waals surface area contributed by atoms with E-state index in [1.807, 2.05) is 24.3 Å². The third-order valence-electron chi connectivity index (χ3n) is 4.11. The molecule has 0 bridgehead atoms. The molecule has 0 unspecified atom stereocenters. The van der Waals surface area contributed by atoms with Gasteiger partial charge >= 0.3 is 5.97 Å². The summed E-state index contributed by atoms with van der Waals surface area (Å²) < 4.78 is 10.4. The molecule has 3 aromatic carbocycles. The van der Waals surface area contributed by atoms with Crippen molar-refractivity contribution in [3.8, 4) is 11.5 Å². The maximum Gasteiger partial charge on any atom is 0.336 e. The zero-order valence-corrected chi connectivity index (χ0v) is 17.4. The first kappa shape index (κ1) is 21.8.